The molecule has 0 saturated carbocycles. The number of rotatable bonds is 10. The van der Waals surface area contributed by atoms with Crippen LogP contribution in [0.25, 0.3) is 5.76 Å². The fourth-order valence-corrected chi connectivity index (χ4v) is 3.99. The number of likely N-dealkylation sites (tertiary alicyclic amines) is 1. The second-order valence-corrected chi connectivity index (χ2v) is 7.98. The van der Waals surface area contributed by atoms with Crippen molar-refractivity contribution < 1.29 is 24.5 Å². The van der Waals surface area contributed by atoms with Crippen LogP contribution in [-0.4, -0.2) is 64.5 Å². The van der Waals surface area contributed by atoms with Gasteiger partial charge in [0.15, 0.2) is 0 Å². The molecule has 1 saturated heterocycles. The number of likely N-dealkylation sites (N-methyl/N-ethyl adjacent to an activating group) is 1. The van der Waals surface area contributed by atoms with Gasteiger partial charge in [-0.15, -0.1) is 0 Å². The monoisotopic (exact) mass is 452 g/mol. The minimum Gasteiger partial charge on any atom is -0.508 e. The Kier molecular flexibility index (Phi) is 8.11. The van der Waals surface area contributed by atoms with E-state index in [9.17, 15) is 19.8 Å². The van der Waals surface area contributed by atoms with Crippen LogP contribution in [0.5, 0.6) is 11.5 Å². The highest BCUT2D eigenvalue weighted by atomic mass is 16.5. The first-order valence-electron chi connectivity index (χ1n) is 11.4. The Morgan fingerprint density at radius 2 is 1.64 bits per heavy atom. The minimum absolute atomic E-state index is 0.0486. The zero-order valence-electron chi connectivity index (χ0n) is 19.5. The lowest BCUT2D eigenvalue weighted by Crippen LogP contribution is -2.38. The fraction of sp³-hybridized carbons (Fsp3) is 0.385. The number of carbonyl (C=O) groups excluding carboxylic acids is 2. The fourth-order valence-electron chi connectivity index (χ4n) is 3.99. The number of aliphatic hydroxyl groups excluding tert-OH is 1. The molecule has 1 aliphatic rings. The highest BCUT2D eigenvalue weighted by Crippen LogP contribution is 2.39. The molecule has 1 fully saturated rings. The van der Waals surface area contributed by atoms with Crippen LogP contribution in [0.2, 0.25) is 0 Å². The number of phenolic OH excluding ortho intramolecular Hbond substituents is 1. The maximum atomic E-state index is 13.1. The van der Waals surface area contributed by atoms with Crippen LogP contribution in [0, 0.1) is 0 Å². The van der Waals surface area contributed by atoms with E-state index in [1.807, 2.05) is 20.8 Å². The summed E-state index contributed by atoms with van der Waals surface area (Å²) in [5, 5.41) is 20.9. The van der Waals surface area contributed by atoms with Gasteiger partial charge in [0.1, 0.15) is 17.3 Å². The van der Waals surface area contributed by atoms with Gasteiger partial charge in [-0.2, -0.15) is 0 Å². The standard InChI is InChI=1S/C26H32N2O5/c1-4-17-33-21-13-9-19(10-14-21)24(30)22-23(18-7-11-20(29)12-8-18)28(26(32)25(22)31)16-15-27(5-2)6-3/h7-14,23,29-30H,4-6,15-17H2,1-3H3/t23-/m0/s1. The van der Waals surface area contributed by atoms with Crippen molar-refractivity contribution in [1.29, 1.82) is 0 Å². The summed E-state index contributed by atoms with van der Waals surface area (Å²) in [7, 11) is 0. The zero-order valence-corrected chi connectivity index (χ0v) is 19.5. The summed E-state index contributed by atoms with van der Waals surface area (Å²) in [6.45, 7) is 9.31. The number of hydrogen-bond acceptors (Lipinski definition) is 6. The summed E-state index contributed by atoms with van der Waals surface area (Å²) < 4.78 is 5.59. The van der Waals surface area contributed by atoms with Crippen LogP contribution in [-0.2, 0) is 9.59 Å². The summed E-state index contributed by atoms with van der Waals surface area (Å²) in [4.78, 5) is 29.8. The van der Waals surface area contributed by atoms with Crippen molar-refractivity contribution in [1.82, 2.24) is 9.80 Å². The number of ether oxygens (including phenoxy) is 1. The van der Waals surface area contributed by atoms with Crippen LogP contribution < -0.4 is 4.74 Å². The number of hydrogen-bond donors (Lipinski definition) is 2. The molecule has 1 heterocycles. The van der Waals surface area contributed by atoms with Crippen molar-refractivity contribution in [3.8, 4) is 11.5 Å². The Hall–Kier alpha value is -3.32. The van der Waals surface area contributed by atoms with Gasteiger partial charge in [0.05, 0.1) is 18.2 Å². The molecule has 33 heavy (non-hydrogen) atoms. The lowest BCUT2D eigenvalue weighted by Gasteiger charge is -2.28. The van der Waals surface area contributed by atoms with Crippen LogP contribution in [0.1, 0.15) is 44.4 Å². The summed E-state index contributed by atoms with van der Waals surface area (Å²) in [5.74, 6) is -0.815. The molecule has 0 radical (unpaired) electrons. The molecule has 1 aliphatic heterocycles. The molecular weight excluding hydrogens is 420 g/mol. The van der Waals surface area contributed by atoms with Gasteiger partial charge >= 0.3 is 0 Å². The molecule has 0 unspecified atom stereocenters. The maximum absolute atomic E-state index is 13.1. The number of phenols is 1. The summed E-state index contributed by atoms with van der Waals surface area (Å²) in [5.41, 5.74) is 1.13. The van der Waals surface area contributed by atoms with Crippen molar-refractivity contribution in [2.45, 2.75) is 33.2 Å². The van der Waals surface area contributed by atoms with Gasteiger partial charge in [-0.25, -0.2) is 0 Å². The number of amides is 1. The lowest BCUT2D eigenvalue weighted by molar-refractivity contribution is -0.140. The highest BCUT2D eigenvalue weighted by Gasteiger charge is 2.45. The Bertz CT molecular complexity index is 994. The van der Waals surface area contributed by atoms with Crippen LogP contribution in [0.4, 0.5) is 0 Å². The average Bonchev–Trinajstić information content (AvgIpc) is 3.08. The SMILES string of the molecule is CCCOc1ccc(C(O)=C2C(=O)C(=O)N(CCN(CC)CC)[C@H]2c2ccc(O)cc2)cc1. The zero-order chi connectivity index (χ0) is 24.0. The second-order valence-electron chi connectivity index (χ2n) is 7.98. The first-order chi connectivity index (χ1) is 15.9. The molecular formula is C26H32N2O5. The van der Waals surface area contributed by atoms with Gasteiger partial charge in [-0.05, 0) is 61.5 Å². The predicted octanol–water partition coefficient (Wildman–Crippen LogP) is 3.94. The van der Waals surface area contributed by atoms with Gasteiger partial charge in [-0.1, -0.05) is 32.9 Å². The van der Waals surface area contributed by atoms with Gasteiger partial charge in [0, 0.05) is 18.7 Å². The smallest absolute Gasteiger partial charge is 0.295 e. The summed E-state index contributed by atoms with van der Waals surface area (Å²) in [6, 6.07) is 12.5. The molecule has 1 atom stereocenters. The van der Waals surface area contributed by atoms with E-state index < -0.39 is 17.7 Å². The Morgan fingerprint density at radius 1 is 1.00 bits per heavy atom. The van der Waals surface area contributed by atoms with Crippen LogP contribution >= 0.6 is 0 Å². The molecule has 0 bridgehead atoms. The molecule has 2 aromatic carbocycles. The summed E-state index contributed by atoms with van der Waals surface area (Å²) in [6.07, 6.45) is 0.880. The van der Waals surface area contributed by atoms with Crippen molar-refractivity contribution in [3.63, 3.8) is 0 Å². The van der Waals surface area contributed by atoms with E-state index in [0.717, 1.165) is 19.5 Å². The number of benzene rings is 2. The van der Waals surface area contributed by atoms with Crippen molar-refractivity contribution >= 4 is 17.4 Å². The molecule has 2 aromatic rings. The Morgan fingerprint density at radius 3 is 2.21 bits per heavy atom. The number of carbonyl (C=O) groups is 2. The molecule has 0 aliphatic carbocycles. The maximum Gasteiger partial charge on any atom is 0.295 e. The third-order valence-electron chi connectivity index (χ3n) is 5.90. The Balaban J connectivity index is 2.02. The van der Waals surface area contributed by atoms with E-state index in [0.29, 0.717) is 36.6 Å². The first kappa shape index (κ1) is 24.3. The van der Waals surface area contributed by atoms with Gasteiger partial charge < -0.3 is 24.7 Å². The normalized spacial score (nSPS) is 17.7. The van der Waals surface area contributed by atoms with Gasteiger partial charge in [-0.3, -0.25) is 9.59 Å². The lowest BCUT2D eigenvalue weighted by atomic mass is 9.95. The number of nitrogens with zero attached hydrogens (tertiary/aromatic N) is 2. The third kappa shape index (κ3) is 5.37. The van der Waals surface area contributed by atoms with E-state index in [-0.39, 0.29) is 17.1 Å². The van der Waals surface area contributed by atoms with Gasteiger partial charge in [0.2, 0.25) is 0 Å². The number of Topliss-reactive ketones (excluding diaryl/α,β-unsaturated/α-hetero) is 1. The van der Waals surface area contributed by atoms with E-state index in [2.05, 4.69) is 4.90 Å². The third-order valence-corrected chi connectivity index (χ3v) is 5.90. The molecule has 176 valence electrons. The Labute approximate surface area is 194 Å². The number of aliphatic hydroxyl groups is 1. The van der Waals surface area contributed by atoms with Crippen LogP contribution in [0.15, 0.2) is 54.1 Å². The molecule has 2 N–H and O–H groups in total. The molecule has 0 aromatic heterocycles. The van der Waals surface area contributed by atoms with E-state index in [4.69, 9.17) is 4.74 Å². The molecule has 0 spiro atoms. The largest absolute Gasteiger partial charge is 0.508 e. The molecule has 3 rings (SSSR count). The molecule has 7 nitrogen and oxygen atoms in total. The van der Waals surface area contributed by atoms with E-state index in [1.165, 1.54) is 17.0 Å². The van der Waals surface area contributed by atoms with E-state index >= 15 is 0 Å². The predicted molar refractivity (Wildman–Crippen MR) is 127 cm³/mol. The topological polar surface area (TPSA) is 90.3 Å². The highest BCUT2D eigenvalue weighted by molar-refractivity contribution is 6.46. The average molecular weight is 453 g/mol. The number of aromatic hydroxyl groups is 1. The van der Waals surface area contributed by atoms with Crippen molar-refractivity contribution in [3.05, 3.63) is 65.2 Å². The quantitative estimate of drug-likeness (QED) is 0.322. The van der Waals surface area contributed by atoms with Crippen LogP contribution in [0.3, 0.4) is 0 Å². The van der Waals surface area contributed by atoms with Crippen molar-refractivity contribution in [2.75, 3.05) is 32.8 Å². The number of ketones is 1. The summed E-state index contributed by atoms with van der Waals surface area (Å²) >= 11 is 0. The first-order valence-corrected chi connectivity index (χ1v) is 11.4. The molecule has 7 heteroatoms. The van der Waals surface area contributed by atoms with E-state index in [1.54, 1.807) is 36.4 Å². The van der Waals surface area contributed by atoms with Gasteiger partial charge in [0.25, 0.3) is 11.7 Å². The van der Waals surface area contributed by atoms with Crippen molar-refractivity contribution in [2.24, 2.45) is 0 Å². The minimum atomic E-state index is -0.739. The second kappa shape index (κ2) is 11.0. The molecule has 1 amide bonds.